The second-order valence-electron chi connectivity index (χ2n) is 3.78. The molecule has 1 fully saturated rings. The second kappa shape index (κ2) is 5.44. The summed E-state index contributed by atoms with van der Waals surface area (Å²) in [5, 5.41) is 0. The van der Waals surface area contributed by atoms with Crippen molar-refractivity contribution >= 4 is 20.0 Å². The van der Waals surface area contributed by atoms with E-state index in [1.165, 1.54) is 4.31 Å². The molecule has 0 unspecified atom stereocenters. The summed E-state index contributed by atoms with van der Waals surface area (Å²) in [5.41, 5.74) is 0. The molecule has 96 valence electrons. The molecule has 1 aliphatic rings. The highest BCUT2D eigenvalue weighted by Gasteiger charge is 2.27. The van der Waals surface area contributed by atoms with Crippen molar-refractivity contribution in [3.63, 3.8) is 0 Å². The smallest absolute Gasteiger partial charge is 0.214 e. The fourth-order valence-electron chi connectivity index (χ4n) is 1.61. The Hall–Kier alpha value is -0.180. The molecule has 0 spiro atoms. The van der Waals surface area contributed by atoms with Crippen LogP contribution in [0.25, 0.3) is 0 Å². The molecule has 1 N–H and O–H groups in total. The van der Waals surface area contributed by atoms with Crippen molar-refractivity contribution in [1.82, 2.24) is 9.03 Å². The lowest BCUT2D eigenvalue weighted by Crippen LogP contribution is -2.36. The first kappa shape index (κ1) is 13.9. The lowest BCUT2D eigenvalue weighted by atomic mass is 10.5. The standard InChI is InChI=1S/C8H18N2O4S2/c1-2-7-15(11,12)9-4-6-10-5-3-8-16(10,13)14/h9H,2-8H2,1H3. The van der Waals surface area contributed by atoms with Gasteiger partial charge in [-0.05, 0) is 12.8 Å². The minimum atomic E-state index is -3.23. The Morgan fingerprint density at radius 2 is 2.06 bits per heavy atom. The Labute approximate surface area is 97.1 Å². The van der Waals surface area contributed by atoms with Gasteiger partial charge in [0.2, 0.25) is 20.0 Å². The van der Waals surface area contributed by atoms with Crippen LogP contribution in [-0.4, -0.2) is 52.3 Å². The molecule has 6 nitrogen and oxygen atoms in total. The second-order valence-corrected chi connectivity index (χ2v) is 7.80. The van der Waals surface area contributed by atoms with Gasteiger partial charge in [-0.15, -0.1) is 0 Å². The number of hydrogen-bond donors (Lipinski definition) is 1. The summed E-state index contributed by atoms with van der Waals surface area (Å²) in [5.74, 6) is 0.258. The summed E-state index contributed by atoms with van der Waals surface area (Å²) in [4.78, 5) is 0. The maximum Gasteiger partial charge on any atom is 0.214 e. The van der Waals surface area contributed by atoms with Crippen LogP contribution in [0.15, 0.2) is 0 Å². The van der Waals surface area contributed by atoms with E-state index in [9.17, 15) is 16.8 Å². The van der Waals surface area contributed by atoms with E-state index in [4.69, 9.17) is 0 Å². The molecule has 1 heterocycles. The number of nitrogens with one attached hydrogen (secondary N) is 1. The monoisotopic (exact) mass is 270 g/mol. The van der Waals surface area contributed by atoms with E-state index in [2.05, 4.69) is 4.72 Å². The number of hydrogen-bond acceptors (Lipinski definition) is 4. The molecule has 0 bridgehead atoms. The van der Waals surface area contributed by atoms with Crippen molar-refractivity contribution in [3.05, 3.63) is 0 Å². The minimum absolute atomic E-state index is 0.0831. The Morgan fingerprint density at radius 1 is 1.38 bits per heavy atom. The Balaban J connectivity index is 2.37. The van der Waals surface area contributed by atoms with Gasteiger partial charge in [0.15, 0.2) is 0 Å². The highest BCUT2D eigenvalue weighted by molar-refractivity contribution is 7.89. The quantitative estimate of drug-likeness (QED) is 0.695. The van der Waals surface area contributed by atoms with E-state index in [1.807, 2.05) is 0 Å². The fraction of sp³-hybridized carbons (Fsp3) is 1.00. The van der Waals surface area contributed by atoms with Crippen LogP contribution in [0.4, 0.5) is 0 Å². The van der Waals surface area contributed by atoms with E-state index in [-0.39, 0.29) is 24.6 Å². The molecular weight excluding hydrogens is 252 g/mol. The van der Waals surface area contributed by atoms with Gasteiger partial charge in [-0.2, -0.15) is 0 Å². The van der Waals surface area contributed by atoms with Gasteiger partial charge >= 0.3 is 0 Å². The van der Waals surface area contributed by atoms with Crippen molar-refractivity contribution in [2.45, 2.75) is 19.8 Å². The SMILES string of the molecule is CCCS(=O)(=O)NCCN1CCCS1(=O)=O. The molecule has 0 radical (unpaired) electrons. The summed E-state index contributed by atoms with van der Waals surface area (Å²) in [6, 6.07) is 0. The van der Waals surface area contributed by atoms with Crippen LogP contribution in [0.2, 0.25) is 0 Å². The van der Waals surface area contributed by atoms with Gasteiger partial charge in [-0.3, -0.25) is 0 Å². The summed E-state index contributed by atoms with van der Waals surface area (Å²) >= 11 is 0. The van der Waals surface area contributed by atoms with Crippen LogP contribution >= 0.6 is 0 Å². The third kappa shape index (κ3) is 4.00. The fourth-order valence-corrected chi connectivity index (χ4v) is 4.22. The molecule has 0 amide bonds. The van der Waals surface area contributed by atoms with Gasteiger partial charge in [-0.25, -0.2) is 25.9 Å². The minimum Gasteiger partial charge on any atom is -0.214 e. The molecule has 16 heavy (non-hydrogen) atoms. The van der Waals surface area contributed by atoms with Gasteiger partial charge in [0, 0.05) is 19.6 Å². The zero-order valence-electron chi connectivity index (χ0n) is 9.35. The largest absolute Gasteiger partial charge is 0.214 e. The maximum absolute atomic E-state index is 11.4. The number of sulfonamides is 2. The average Bonchev–Trinajstić information content (AvgIpc) is 2.45. The predicted octanol–water partition coefficient (Wildman–Crippen LogP) is -0.649. The Morgan fingerprint density at radius 3 is 2.56 bits per heavy atom. The van der Waals surface area contributed by atoms with Gasteiger partial charge in [0.05, 0.1) is 11.5 Å². The van der Waals surface area contributed by atoms with Crippen molar-refractivity contribution in [2.75, 3.05) is 31.1 Å². The summed E-state index contributed by atoms with van der Waals surface area (Å²) in [6.45, 7) is 2.66. The molecule has 1 saturated heterocycles. The molecule has 0 saturated carbocycles. The van der Waals surface area contributed by atoms with Gasteiger partial charge < -0.3 is 0 Å². The maximum atomic E-state index is 11.4. The predicted molar refractivity (Wildman–Crippen MR) is 62.1 cm³/mol. The Bertz CT molecular complexity index is 415. The third-order valence-corrected chi connectivity index (χ3v) is 5.91. The average molecular weight is 270 g/mol. The third-order valence-electron chi connectivity index (χ3n) is 2.36. The van der Waals surface area contributed by atoms with E-state index in [1.54, 1.807) is 6.92 Å². The highest BCUT2D eigenvalue weighted by Crippen LogP contribution is 2.11. The van der Waals surface area contributed by atoms with Crippen molar-refractivity contribution in [1.29, 1.82) is 0 Å². The van der Waals surface area contributed by atoms with Crippen LogP contribution in [0.1, 0.15) is 19.8 Å². The molecular formula is C8H18N2O4S2. The van der Waals surface area contributed by atoms with E-state index < -0.39 is 20.0 Å². The summed E-state index contributed by atoms with van der Waals surface area (Å²) in [6.07, 6.45) is 1.18. The van der Waals surface area contributed by atoms with Crippen LogP contribution in [0.5, 0.6) is 0 Å². The first-order chi connectivity index (χ1) is 7.37. The topological polar surface area (TPSA) is 83.6 Å². The lowest BCUT2D eigenvalue weighted by molar-refractivity contribution is 0.444. The van der Waals surface area contributed by atoms with E-state index in [0.29, 0.717) is 19.4 Å². The van der Waals surface area contributed by atoms with Gasteiger partial charge in [-0.1, -0.05) is 6.92 Å². The molecule has 0 atom stereocenters. The van der Waals surface area contributed by atoms with Crippen LogP contribution in [0.3, 0.4) is 0 Å². The first-order valence-corrected chi connectivity index (χ1v) is 8.59. The van der Waals surface area contributed by atoms with Crippen LogP contribution < -0.4 is 4.72 Å². The molecule has 1 aliphatic heterocycles. The zero-order chi connectivity index (χ0) is 12.2. The molecule has 8 heteroatoms. The molecule has 0 aromatic rings. The van der Waals surface area contributed by atoms with E-state index >= 15 is 0 Å². The van der Waals surface area contributed by atoms with Gasteiger partial charge in [0.25, 0.3) is 0 Å². The van der Waals surface area contributed by atoms with Gasteiger partial charge in [0.1, 0.15) is 0 Å². The number of nitrogens with zero attached hydrogens (tertiary/aromatic N) is 1. The van der Waals surface area contributed by atoms with Crippen LogP contribution in [-0.2, 0) is 20.0 Å². The number of rotatable bonds is 6. The summed E-state index contributed by atoms with van der Waals surface area (Å²) < 4.78 is 49.1. The zero-order valence-corrected chi connectivity index (χ0v) is 11.0. The normalized spacial score (nSPS) is 21.3. The molecule has 1 rings (SSSR count). The van der Waals surface area contributed by atoms with E-state index in [0.717, 1.165) is 0 Å². The molecule has 0 aromatic heterocycles. The lowest BCUT2D eigenvalue weighted by Gasteiger charge is -2.14. The summed E-state index contributed by atoms with van der Waals surface area (Å²) in [7, 11) is -6.35. The molecule has 0 aliphatic carbocycles. The Kier molecular flexibility index (Phi) is 4.72. The van der Waals surface area contributed by atoms with Crippen molar-refractivity contribution < 1.29 is 16.8 Å². The van der Waals surface area contributed by atoms with Crippen LogP contribution in [0, 0.1) is 0 Å². The van der Waals surface area contributed by atoms with Crippen molar-refractivity contribution in [2.24, 2.45) is 0 Å². The highest BCUT2D eigenvalue weighted by atomic mass is 32.2. The molecule has 0 aromatic carbocycles. The van der Waals surface area contributed by atoms with Crippen molar-refractivity contribution in [3.8, 4) is 0 Å². The first-order valence-electron chi connectivity index (χ1n) is 5.32.